The van der Waals surface area contributed by atoms with E-state index in [1.54, 1.807) is 18.2 Å². The van der Waals surface area contributed by atoms with Gasteiger partial charge in [-0.2, -0.15) is 13.2 Å². The van der Waals surface area contributed by atoms with Gasteiger partial charge in [0.15, 0.2) is 5.96 Å². The number of para-hydroxylation sites is 3. The molecule has 0 spiro atoms. The second-order valence-corrected chi connectivity index (χ2v) is 4.93. The minimum Gasteiger partial charge on any atom is -0.495 e. The molecule has 0 saturated heterocycles. The highest BCUT2D eigenvalue weighted by Crippen LogP contribution is 2.35. The van der Waals surface area contributed by atoms with Crippen molar-refractivity contribution in [1.82, 2.24) is 0 Å². The van der Waals surface area contributed by atoms with Crippen LogP contribution in [-0.2, 0) is 6.18 Å². The van der Waals surface area contributed by atoms with E-state index in [9.17, 15) is 13.2 Å². The predicted octanol–water partition coefficient (Wildman–Crippen LogP) is 4.14. The first kappa shape index (κ1) is 21.9. The Morgan fingerprint density at radius 3 is 2.35 bits per heavy atom. The summed E-state index contributed by atoms with van der Waals surface area (Å²) in [7, 11) is 1.53. The van der Waals surface area contributed by atoms with Crippen LogP contribution in [-0.4, -0.2) is 26.2 Å². The van der Waals surface area contributed by atoms with E-state index in [1.807, 2.05) is 6.07 Å². The molecule has 26 heavy (non-hydrogen) atoms. The lowest BCUT2D eigenvalue weighted by Crippen LogP contribution is -2.24. The number of anilines is 1. The molecular formula is C17H19F3IN3O2. The Morgan fingerprint density at radius 2 is 1.69 bits per heavy atom. The monoisotopic (exact) mass is 481 g/mol. The first-order valence-electron chi connectivity index (χ1n) is 7.41. The van der Waals surface area contributed by atoms with Crippen molar-refractivity contribution in [2.75, 3.05) is 25.6 Å². The fourth-order valence-electron chi connectivity index (χ4n) is 2.07. The van der Waals surface area contributed by atoms with Gasteiger partial charge in [-0.25, -0.2) is 4.99 Å². The molecule has 2 aromatic carbocycles. The standard InChI is InChI=1S/C17H18F3N3O2.HI/c1-24-15-9-5-3-7-13(15)23-16(21)22-10-11-25-14-8-4-2-6-12(14)17(18,19)20;/h2-9H,10-11H2,1H3,(H3,21,22,23);1H. The van der Waals surface area contributed by atoms with Gasteiger partial charge in [0.1, 0.15) is 18.1 Å². The Bertz CT molecular complexity index is 739. The third-order valence-corrected chi connectivity index (χ3v) is 3.19. The quantitative estimate of drug-likeness (QED) is 0.282. The molecule has 0 amide bonds. The van der Waals surface area contributed by atoms with Gasteiger partial charge in [0.2, 0.25) is 0 Å². The van der Waals surface area contributed by atoms with E-state index in [2.05, 4.69) is 10.3 Å². The summed E-state index contributed by atoms with van der Waals surface area (Å²) in [5, 5.41) is 2.86. The number of aliphatic imine (C=N–C) groups is 1. The van der Waals surface area contributed by atoms with E-state index in [0.717, 1.165) is 6.07 Å². The van der Waals surface area contributed by atoms with Crippen LogP contribution < -0.4 is 20.5 Å². The SMILES string of the molecule is COc1ccccc1NC(N)=NCCOc1ccccc1C(F)(F)F.I. The number of nitrogens with one attached hydrogen (secondary N) is 1. The van der Waals surface area contributed by atoms with Gasteiger partial charge in [0, 0.05) is 0 Å². The largest absolute Gasteiger partial charge is 0.495 e. The Balaban J connectivity index is 0.00000338. The number of methoxy groups -OCH3 is 1. The lowest BCUT2D eigenvalue weighted by atomic mass is 10.2. The van der Waals surface area contributed by atoms with Crippen LogP contribution in [0.5, 0.6) is 11.5 Å². The number of rotatable bonds is 6. The van der Waals surface area contributed by atoms with Crippen molar-refractivity contribution in [3.63, 3.8) is 0 Å². The summed E-state index contributed by atoms with van der Waals surface area (Å²) in [5.41, 5.74) is 5.57. The van der Waals surface area contributed by atoms with Crippen LogP contribution in [0.1, 0.15) is 5.56 Å². The van der Waals surface area contributed by atoms with Gasteiger partial charge in [-0.15, -0.1) is 24.0 Å². The number of ether oxygens (including phenoxy) is 2. The number of alkyl halides is 3. The van der Waals surface area contributed by atoms with Crippen LogP contribution >= 0.6 is 24.0 Å². The van der Waals surface area contributed by atoms with Gasteiger partial charge < -0.3 is 20.5 Å². The van der Waals surface area contributed by atoms with Crippen molar-refractivity contribution in [1.29, 1.82) is 0 Å². The summed E-state index contributed by atoms with van der Waals surface area (Å²) in [6, 6.07) is 12.1. The minimum absolute atomic E-state index is 0. The molecule has 0 unspecified atom stereocenters. The molecular weight excluding hydrogens is 462 g/mol. The second-order valence-electron chi connectivity index (χ2n) is 4.93. The van der Waals surface area contributed by atoms with Gasteiger partial charge in [-0.1, -0.05) is 24.3 Å². The number of hydrogen-bond acceptors (Lipinski definition) is 3. The predicted molar refractivity (Wildman–Crippen MR) is 105 cm³/mol. The van der Waals surface area contributed by atoms with Crippen LogP contribution in [0.2, 0.25) is 0 Å². The molecule has 0 aliphatic rings. The molecule has 0 radical (unpaired) electrons. The molecule has 0 aliphatic carbocycles. The van der Waals surface area contributed by atoms with Crippen molar-refractivity contribution in [2.45, 2.75) is 6.18 Å². The molecule has 0 aliphatic heterocycles. The molecule has 142 valence electrons. The molecule has 0 atom stereocenters. The summed E-state index contributed by atoms with van der Waals surface area (Å²) >= 11 is 0. The van der Waals surface area contributed by atoms with Crippen LogP contribution in [0.25, 0.3) is 0 Å². The third kappa shape index (κ3) is 6.28. The number of halogens is 4. The van der Waals surface area contributed by atoms with Crippen LogP contribution in [0.3, 0.4) is 0 Å². The van der Waals surface area contributed by atoms with Crippen molar-refractivity contribution >= 4 is 35.6 Å². The molecule has 0 fully saturated rings. The zero-order chi connectivity index (χ0) is 18.3. The molecule has 9 heteroatoms. The van der Waals surface area contributed by atoms with Crippen molar-refractivity contribution < 1.29 is 22.6 Å². The van der Waals surface area contributed by atoms with Crippen molar-refractivity contribution in [3.8, 4) is 11.5 Å². The Labute approximate surface area is 166 Å². The lowest BCUT2D eigenvalue weighted by Gasteiger charge is -2.13. The number of nitrogens with zero attached hydrogens (tertiary/aromatic N) is 1. The van der Waals surface area contributed by atoms with Crippen LogP contribution in [0.4, 0.5) is 18.9 Å². The molecule has 0 bridgehead atoms. The molecule has 5 nitrogen and oxygen atoms in total. The first-order valence-corrected chi connectivity index (χ1v) is 7.41. The van der Waals surface area contributed by atoms with Crippen LogP contribution in [0.15, 0.2) is 53.5 Å². The zero-order valence-corrected chi connectivity index (χ0v) is 16.2. The number of hydrogen-bond donors (Lipinski definition) is 2. The summed E-state index contributed by atoms with van der Waals surface area (Å²) in [4.78, 5) is 4.02. The van der Waals surface area contributed by atoms with Gasteiger partial charge in [0.05, 0.1) is 24.9 Å². The summed E-state index contributed by atoms with van der Waals surface area (Å²) < 4.78 is 48.9. The van der Waals surface area contributed by atoms with E-state index in [-0.39, 0.29) is 48.8 Å². The molecule has 0 heterocycles. The maximum absolute atomic E-state index is 12.9. The smallest absolute Gasteiger partial charge is 0.419 e. The second kappa shape index (κ2) is 10.1. The maximum atomic E-state index is 12.9. The summed E-state index contributed by atoms with van der Waals surface area (Å²) in [5.74, 6) is 0.467. The first-order chi connectivity index (χ1) is 11.9. The highest BCUT2D eigenvalue weighted by Gasteiger charge is 2.33. The van der Waals surface area contributed by atoms with E-state index in [0.29, 0.717) is 11.4 Å². The van der Waals surface area contributed by atoms with E-state index in [4.69, 9.17) is 15.2 Å². The van der Waals surface area contributed by atoms with Gasteiger partial charge in [0.25, 0.3) is 0 Å². The molecule has 0 saturated carbocycles. The van der Waals surface area contributed by atoms with E-state index < -0.39 is 11.7 Å². The fraction of sp³-hybridized carbons (Fsp3) is 0.235. The van der Waals surface area contributed by atoms with Crippen molar-refractivity contribution in [2.24, 2.45) is 10.7 Å². The highest BCUT2D eigenvalue weighted by molar-refractivity contribution is 14.0. The zero-order valence-electron chi connectivity index (χ0n) is 13.9. The van der Waals surface area contributed by atoms with Gasteiger partial charge in [-0.05, 0) is 24.3 Å². The van der Waals surface area contributed by atoms with Crippen LogP contribution in [0, 0.1) is 0 Å². The summed E-state index contributed by atoms with van der Waals surface area (Å²) in [6.07, 6.45) is -4.47. The van der Waals surface area contributed by atoms with E-state index >= 15 is 0 Å². The van der Waals surface area contributed by atoms with E-state index in [1.165, 1.54) is 25.3 Å². The van der Waals surface area contributed by atoms with Gasteiger partial charge >= 0.3 is 6.18 Å². The lowest BCUT2D eigenvalue weighted by molar-refractivity contribution is -0.138. The Morgan fingerprint density at radius 1 is 1.08 bits per heavy atom. The average molecular weight is 481 g/mol. The maximum Gasteiger partial charge on any atom is 0.419 e. The normalized spacial score (nSPS) is 11.5. The Kier molecular flexibility index (Phi) is 8.49. The molecule has 3 N–H and O–H groups in total. The number of benzene rings is 2. The molecule has 2 aromatic rings. The van der Waals surface area contributed by atoms with Gasteiger partial charge in [-0.3, -0.25) is 0 Å². The number of nitrogens with two attached hydrogens (primary N) is 1. The summed E-state index contributed by atoms with van der Waals surface area (Å²) in [6.45, 7) is 0.0571. The third-order valence-electron chi connectivity index (χ3n) is 3.19. The van der Waals surface area contributed by atoms with Crippen molar-refractivity contribution in [3.05, 3.63) is 54.1 Å². The molecule has 2 rings (SSSR count). The number of guanidine groups is 1. The Hall–Kier alpha value is -2.17. The average Bonchev–Trinajstić information content (AvgIpc) is 2.59. The molecule has 0 aromatic heterocycles. The fourth-order valence-corrected chi connectivity index (χ4v) is 2.07. The topological polar surface area (TPSA) is 68.9 Å². The minimum atomic E-state index is -4.47. The highest BCUT2D eigenvalue weighted by atomic mass is 127.